The molecule has 0 saturated heterocycles. The summed E-state index contributed by atoms with van der Waals surface area (Å²) in [5.41, 5.74) is 1.78. The van der Waals surface area contributed by atoms with Crippen LogP contribution in [0, 0.1) is 5.41 Å². The molecule has 36 heavy (non-hydrogen) atoms. The first-order valence-corrected chi connectivity index (χ1v) is 12.3. The molecule has 7 nitrogen and oxygen atoms in total. The minimum Gasteiger partial charge on any atom is -0.349 e. The summed E-state index contributed by atoms with van der Waals surface area (Å²) in [6.45, 7) is 8.69. The van der Waals surface area contributed by atoms with Crippen LogP contribution in [0.25, 0.3) is 11.0 Å². The summed E-state index contributed by atoms with van der Waals surface area (Å²) in [5, 5.41) is 6.93. The van der Waals surface area contributed by atoms with Crippen LogP contribution in [0.2, 0.25) is 0 Å². The standard InChI is InChI=1S/C27H33F2N5O2/c1-17(18-5-7-19(8-6-18)24(36)32-21-11-13-27(28,29)14-12-21)31-25-30-15-20-9-10-22(35)34(23(20)33-25)16-26(2,3)4/h5-10,15,17,21H,11-14,16H2,1-4H3,(H,32,36)(H,30,31,33). The molecule has 0 spiro atoms. The molecule has 2 aromatic heterocycles. The lowest BCUT2D eigenvalue weighted by Crippen LogP contribution is -2.40. The maximum Gasteiger partial charge on any atom is 0.252 e. The Labute approximate surface area is 209 Å². The van der Waals surface area contributed by atoms with Crippen molar-refractivity contribution in [3.63, 3.8) is 0 Å². The molecule has 1 aromatic carbocycles. The number of nitrogens with one attached hydrogen (secondary N) is 2. The third-order valence-electron chi connectivity index (χ3n) is 6.43. The number of rotatable bonds is 6. The summed E-state index contributed by atoms with van der Waals surface area (Å²) in [4.78, 5) is 34.1. The molecule has 2 N–H and O–H groups in total. The fourth-order valence-electron chi connectivity index (χ4n) is 4.42. The first-order valence-electron chi connectivity index (χ1n) is 12.3. The molecule has 192 valence electrons. The number of hydrogen-bond acceptors (Lipinski definition) is 5. The van der Waals surface area contributed by atoms with Gasteiger partial charge in [0.25, 0.3) is 11.5 Å². The number of carbonyl (C=O) groups excluding carboxylic acids is 1. The maximum absolute atomic E-state index is 13.4. The Bertz CT molecular complexity index is 1290. The smallest absolute Gasteiger partial charge is 0.252 e. The Morgan fingerprint density at radius 2 is 1.81 bits per heavy atom. The van der Waals surface area contributed by atoms with E-state index in [-0.39, 0.29) is 54.6 Å². The largest absolute Gasteiger partial charge is 0.349 e. The van der Waals surface area contributed by atoms with Crippen molar-refractivity contribution in [2.24, 2.45) is 5.41 Å². The average Bonchev–Trinajstić information content (AvgIpc) is 2.82. The summed E-state index contributed by atoms with van der Waals surface area (Å²) in [7, 11) is 0. The number of aromatic nitrogens is 3. The number of nitrogens with zero attached hydrogens (tertiary/aromatic N) is 3. The van der Waals surface area contributed by atoms with E-state index in [1.807, 2.05) is 19.1 Å². The summed E-state index contributed by atoms with van der Waals surface area (Å²) in [5.74, 6) is -2.48. The number of carbonyl (C=O) groups is 1. The summed E-state index contributed by atoms with van der Waals surface area (Å²) in [6.07, 6.45) is 1.89. The van der Waals surface area contributed by atoms with Gasteiger partial charge in [0, 0.05) is 48.6 Å². The van der Waals surface area contributed by atoms with Crippen LogP contribution in [0.3, 0.4) is 0 Å². The molecule has 1 amide bonds. The van der Waals surface area contributed by atoms with Gasteiger partial charge in [0.15, 0.2) is 0 Å². The molecule has 1 aliphatic carbocycles. The second kappa shape index (κ2) is 9.95. The predicted octanol–water partition coefficient (Wildman–Crippen LogP) is 5.32. The number of alkyl halides is 2. The van der Waals surface area contributed by atoms with Gasteiger partial charge >= 0.3 is 0 Å². The molecule has 2 heterocycles. The Morgan fingerprint density at radius 1 is 1.14 bits per heavy atom. The molecule has 0 bridgehead atoms. The number of amides is 1. The minimum absolute atomic E-state index is 0.0972. The summed E-state index contributed by atoms with van der Waals surface area (Å²) >= 11 is 0. The first-order chi connectivity index (χ1) is 16.9. The zero-order valence-corrected chi connectivity index (χ0v) is 21.1. The van der Waals surface area contributed by atoms with E-state index in [4.69, 9.17) is 0 Å². The van der Waals surface area contributed by atoms with Crippen LogP contribution >= 0.6 is 0 Å². The Hall–Kier alpha value is -3.36. The summed E-state index contributed by atoms with van der Waals surface area (Å²) in [6, 6.07) is 10.0. The van der Waals surface area contributed by atoms with Crippen molar-refractivity contribution < 1.29 is 13.6 Å². The van der Waals surface area contributed by atoms with E-state index in [1.165, 1.54) is 6.07 Å². The van der Waals surface area contributed by atoms with Gasteiger partial charge in [-0.1, -0.05) is 32.9 Å². The Balaban J connectivity index is 1.44. The van der Waals surface area contributed by atoms with E-state index in [0.717, 1.165) is 10.9 Å². The second-order valence-corrected chi connectivity index (χ2v) is 10.9. The highest BCUT2D eigenvalue weighted by Crippen LogP contribution is 2.33. The van der Waals surface area contributed by atoms with E-state index >= 15 is 0 Å². The second-order valence-electron chi connectivity index (χ2n) is 10.9. The van der Waals surface area contributed by atoms with Gasteiger partial charge in [-0.2, -0.15) is 4.98 Å². The van der Waals surface area contributed by atoms with Crippen LogP contribution in [0.1, 0.15) is 75.3 Å². The van der Waals surface area contributed by atoms with Gasteiger partial charge in [-0.05, 0) is 48.9 Å². The summed E-state index contributed by atoms with van der Waals surface area (Å²) < 4.78 is 28.4. The SMILES string of the molecule is CC(Nc1ncc2ccc(=O)n(CC(C)(C)C)c2n1)c1ccc(C(=O)NC2CCC(F)(F)CC2)cc1. The topological polar surface area (TPSA) is 88.9 Å². The fraction of sp³-hybridized carbons (Fsp3) is 0.481. The zero-order chi connectivity index (χ0) is 26.1. The highest BCUT2D eigenvalue weighted by Gasteiger charge is 2.35. The number of anilines is 1. The molecule has 4 rings (SSSR count). The Kier molecular flexibility index (Phi) is 7.11. The number of pyridine rings is 1. The third-order valence-corrected chi connectivity index (χ3v) is 6.43. The number of halogens is 2. The van der Waals surface area contributed by atoms with Crippen LogP contribution < -0.4 is 16.2 Å². The number of fused-ring (bicyclic) bond motifs is 1. The number of hydrogen-bond donors (Lipinski definition) is 2. The molecule has 9 heteroatoms. The highest BCUT2D eigenvalue weighted by atomic mass is 19.3. The molecule has 1 fully saturated rings. The van der Waals surface area contributed by atoms with E-state index in [2.05, 4.69) is 41.4 Å². The van der Waals surface area contributed by atoms with Crippen LogP contribution in [0.15, 0.2) is 47.4 Å². The normalized spacial score (nSPS) is 17.1. The molecule has 1 saturated carbocycles. The molecular weight excluding hydrogens is 464 g/mol. The van der Waals surface area contributed by atoms with Gasteiger partial charge in [-0.3, -0.25) is 14.2 Å². The van der Waals surface area contributed by atoms with Crippen LogP contribution in [0.5, 0.6) is 0 Å². The lowest BCUT2D eigenvalue weighted by molar-refractivity contribution is -0.0399. The highest BCUT2D eigenvalue weighted by molar-refractivity contribution is 5.94. The molecule has 3 aromatic rings. The first kappa shape index (κ1) is 25.7. The average molecular weight is 498 g/mol. The molecule has 1 atom stereocenters. The van der Waals surface area contributed by atoms with Crippen LogP contribution in [-0.2, 0) is 6.54 Å². The van der Waals surface area contributed by atoms with E-state index in [9.17, 15) is 18.4 Å². The van der Waals surface area contributed by atoms with E-state index in [0.29, 0.717) is 23.7 Å². The maximum atomic E-state index is 13.4. The molecule has 1 unspecified atom stereocenters. The van der Waals surface area contributed by atoms with Crippen molar-refractivity contribution in [1.29, 1.82) is 0 Å². The van der Waals surface area contributed by atoms with E-state index < -0.39 is 5.92 Å². The van der Waals surface area contributed by atoms with Crippen molar-refractivity contribution in [3.05, 3.63) is 64.1 Å². The lowest BCUT2D eigenvalue weighted by Gasteiger charge is -2.28. The number of benzene rings is 1. The molecular formula is C27H33F2N5O2. The van der Waals surface area contributed by atoms with Gasteiger partial charge in [-0.15, -0.1) is 0 Å². The van der Waals surface area contributed by atoms with Gasteiger partial charge in [0.2, 0.25) is 11.9 Å². The van der Waals surface area contributed by atoms with Gasteiger partial charge in [0.1, 0.15) is 5.65 Å². The molecule has 0 radical (unpaired) electrons. The Morgan fingerprint density at radius 3 is 2.44 bits per heavy atom. The van der Waals surface area contributed by atoms with Crippen molar-refractivity contribution in [2.75, 3.05) is 5.32 Å². The van der Waals surface area contributed by atoms with E-state index in [1.54, 1.807) is 29.0 Å². The van der Waals surface area contributed by atoms with Gasteiger partial charge in [-0.25, -0.2) is 13.8 Å². The monoisotopic (exact) mass is 497 g/mol. The fourth-order valence-corrected chi connectivity index (χ4v) is 4.42. The third kappa shape index (κ3) is 6.25. The quantitative estimate of drug-likeness (QED) is 0.481. The molecule has 0 aliphatic heterocycles. The molecule has 1 aliphatic rings. The van der Waals surface area contributed by atoms with Crippen LogP contribution in [0.4, 0.5) is 14.7 Å². The zero-order valence-electron chi connectivity index (χ0n) is 21.1. The lowest BCUT2D eigenvalue weighted by atomic mass is 9.92. The van der Waals surface area contributed by atoms with Crippen LogP contribution in [-0.4, -0.2) is 32.4 Å². The van der Waals surface area contributed by atoms with Crippen molar-refractivity contribution >= 4 is 22.9 Å². The van der Waals surface area contributed by atoms with Crippen molar-refractivity contribution in [2.45, 2.75) is 77.9 Å². The van der Waals surface area contributed by atoms with Gasteiger partial charge in [0.05, 0.1) is 6.04 Å². The van der Waals surface area contributed by atoms with Crippen molar-refractivity contribution in [1.82, 2.24) is 19.9 Å². The predicted molar refractivity (Wildman–Crippen MR) is 136 cm³/mol. The minimum atomic E-state index is -2.62. The van der Waals surface area contributed by atoms with Gasteiger partial charge < -0.3 is 10.6 Å². The van der Waals surface area contributed by atoms with Crippen molar-refractivity contribution in [3.8, 4) is 0 Å².